The van der Waals surface area contributed by atoms with Crippen LogP contribution >= 0.6 is 11.6 Å². The van der Waals surface area contributed by atoms with Crippen LogP contribution in [0.5, 0.6) is 0 Å². The van der Waals surface area contributed by atoms with Crippen molar-refractivity contribution in [2.75, 3.05) is 6.54 Å². The predicted octanol–water partition coefficient (Wildman–Crippen LogP) is 3.60. The molecule has 29 heavy (non-hydrogen) atoms. The van der Waals surface area contributed by atoms with Crippen LogP contribution in [0.1, 0.15) is 19.2 Å². The van der Waals surface area contributed by atoms with Crippen molar-refractivity contribution in [2.24, 2.45) is 5.92 Å². The van der Waals surface area contributed by atoms with E-state index in [-0.39, 0.29) is 29.2 Å². The molecule has 7 nitrogen and oxygen atoms in total. The smallest absolute Gasteiger partial charge is 0.335 e. The molecule has 1 atom stereocenters. The van der Waals surface area contributed by atoms with Gasteiger partial charge in [0.05, 0.1) is 11.6 Å². The fourth-order valence-electron chi connectivity index (χ4n) is 3.31. The van der Waals surface area contributed by atoms with Gasteiger partial charge in [-0.3, -0.25) is 0 Å². The molecule has 148 valence electrons. The van der Waals surface area contributed by atoms with E-state index < -0.39 is 17.8 Å². The van der Waals surface area contributed by atoms with Crippen molar-refractivity contribution in [1.82, 2.24) is 15.0 Å². The van der Waals surface area contributed by atoms with E-state index in [1.54, 1.807) is 30.4 Å². The van der Waals surface area contributed by atoms with Crippen LogP contribution in [0.2, 0.25) is 5.02 Å². The molecular formula is C20H17ClFN4O3+. The molecule has 0 N–H and O–H groups in total. The second kappa shape index (κ2) is 7.71. The Labute approximate surface area is 170 Å². The number of urea groups is 1. The molecule has 9 heteroatoms. The fraction of sp³-hybridized carbons (Fsp3) is 0.250. The molecule has 1 aromatic heterocycles. The van der Waals surface area contributed by atoms with Crippen molar-refractivity contribution in [3.63, 3.8) is 0 Å². The van der Waals surface area contributed by atoms with Crippen molar-refractivity contribution in [3.8, 4) is 11.4 Å². The molecule has 1 unspecified atom stereocenters. The highest BCUT2D eigenvalue weighted by atomic mass is 35.5. The number of nitrogens with zero attached hydrogens (tertiary/aromatic N) is 4. The number of rotatable bonds is 5. The van der Waals surface area contributed by atoms with Gasteiger partial charge in [-0.1, -0.05) is 41.9 Å². The molecule has 0 fully saturated rings. The molecule has 0 spiro atoms. The number of fused-ring (bicyclic) bond motifs is 1. The van der Waals surface area contributed by atoms with Crippen LogP contribution in [-0.4, -0.2) is 43.8 Å². The van der Waals surface area contributed by atoms with Crippen LogP contribution in [0.4, 0.5) is 9.18 Å². The minimum absolute atomic E-state index is 0.000583. The van der Waals surface area contributed by atoms with Crippen molar-refractivity contribution in [2.45, 2.75) is 19.9 Å². The Bertz CT molecular complexity index is 1090. The van der Waals surface area contributed by atoms with E-state index in [1.165, 1.54) is 21.6 Å². The lowest BCUT2D eigenvalue weighted by Gasteiger charge is -2.26. The highest BCUT2D eigenvalue weighted by Crippen LogP contribution is 2.24. The maximum absolute atomic E-state index is 13.7. The molecule has 1 aliphatic heterocycles. The number of imide groups is 1. The van der Waals surface area contributed by atoms with Crippen LogP contribution in [0.15, 0.2) is 47.0 Å². The highest BCUT2D eigenvalue weighted by molar-refractivity contribution is 6.30. The summed E-state index contributed by atoms with van der Waals surface area (Å²) in [5, 5.41) is 3.86. The second-order valence-corrected chi connectivity index (χ2v) is 7.05. The first-order chi connectivity index (χ1) is 14.0. The Morgan fingerprint density at radius 1 is 1.31 bits per heavy atom. The van der Waals surface area contributed by atoms with Crippen LogP contribution in [-0.2, 0) is 11.3 Å². The molecule has 0 saturated carbocycles. The fourth-order valence-corrected chi connectivity index (χ4v) is 3.43. The summed E-state index contributed by atoms with van der Waals surface area (Å²) in [6.45, 7) is 2.23. The Morgan fingerprint density at radius 3 is 2.90 bits per heavy atom. The van der Waals surface area contributed by atoms with Gasteiger partial charge < -0.3 is 4.52 Å². The van der Waals surface area contributed by atoms with Gasteiger partial charge >= 0.3 is 11.9 Å². The summed E-state index contributed by atoms with van der Waals surface area (Å²) in [4.78, 5) is 31.1. The number of hydrogen-bond acceptors (Lipinski definition) is 5. The van der Waals surface area contributed by atoms with Gasteiger partial charge in [0, 0.05) is 5.56 Å². The molecule has 1 aliphatic carbocycles. The molecule has 2 heterocycles. The van der Waals surface area contributed by atoms with Gasteiger partial charge in [0.15, 0.2) is 6.54 Å². The molecule has 0 bridgehead atoms. The second-order valence-electron chi connectivity index (χ2n) is 6.65. The molecular weight excluding hydrogens is 399 g/mol. The van der Waals surface area contributed by atoms with E-state index in [4.69, 9.17) is 16.1 Å². The maximum Gasteiger partial charge on any atom is 0.501 e. The zero-order valence-electron chi connectivity index (χ0n) is 15.5. The normalized spacial score (nSPS) is 18.6. The van der Waals surface area contributed by atoms with Crippen molar-refractivity contribution in [1.29, 1.82) is 0 Å². The lowest BCUT2D eigenvalue weighted by molar-refractivity contribution is -0.460. The third-order valence-corrected chi connectivity index (χ3v) is 5.00. The van der Waals surface area contributed by atoms with E-state index in [0.29, 0.717) is 24.2 Å². The summed E-state index contributed by atoms with van der Waals surface area (Å²) in [5.41, 5.74) is 0.966. The first kappa shape index (κ1) is 19.2. The summed E-state index contributed by atoms with van der Waals surface area (Å²) in [7, 11) is 0. The number of amides is 3. The number of aromatic nitrogens is 2. The Kier molecular flexibility index (Phi) is 5.10. The largest absolute Gasteiger partial charge is 0.501 e. The third kappa shape index (κ3) is 3.51. The summed E-state index contributed by atoms with van der Waals surface area (Å²) >= 11 is 5.70. The number of hydrogen-bond donors (Lipinski definition) is 0. The van der Waals surface area contributed by atoms with E-state index in [2.05, 4.69) is 10.1 Å². The van der Waals surface area contributed by atoms with Gasteiger partial charge in [-0.25, -0.2) is 9.18 Å². The van der Waals surface area contributed by atoms with Crippen molar-refractivity contribution < 1.29 is 23.1 Å². The van der Waals surface area contributed by atoms with Gasteiger partial charge in [0.25, 0.3) is 5.89 Å². The first-order valence-electron chi connectivity index (χ1n) is 9.12. The standard InChI is InChI=1S/C20H17ClFN4O3/c1-2-9-25-19(27)13-5-3-4-6-16(13)26(20(25)28)11-17-23-18(24-29-17)12-7-8-14(21)15(22)10-12/h3-8,10,13H,2,9,11H2,1H3/q+1. The van der Waals surface area contributed by atoms with Gasteiger partial charge in [-0.2, -0.15) is 19.3 Å². The quantitative estimate of drug-likeness (QED) is 0.697. The van der Waals surface area contributed by atoms with Crippen molar-refractivity contribution in [3.05, 3.63) is 59.2 Å². The lowest BCUT2D eigenvalue weighted by atomic mass is 9.94. The monoisotopic (exact) mass is 415 g/mol. The minimum atomic E-state index is -0.590. The van der Waals surface area contributed by atoms with E-state index >= 15 is 0 Å². The topological polar surface area (TPSA) is 79.3 Å². The van der Waals surface area contributed by atoms with Crippen molar-refractivity contribution >= 4 is 29.3 Å². The summed E-state index contributed by atoms with van der Waals surface area (Å²) in [6, 6.07) is 3.77. The number of benzene rings is 1. The summed E-state index contributed by atoms with van der Waals surface area (Å²) < 4.78 is 20.4. The average molecular weight is 416 g/mol. The number of carbonyl (C=O) groups is 2. The Hall–Kier alpha value is -3.13. The van der Waals surface area contributed by atoms with E-state index in [1.807, 2.05) is 6.92 Å². The van der Waals surface area contributed by atoms with Gasteiger partial charge in [0.1, 0.15) is 17.4 Å². The number of halogens is 2. The van der Waals surface area contributed by atoms with Crippen LogP contribution < -0.4 is 0 Å². The zero-order valence-corrected chi connectivity index (χ0v) is 16.3. The minimum Gasteiger partial charge on any atom is -0.335 e. The Balaban J connectivity index is 1.67. The molecule has 0 saturated heterocycles. The van der Waals surface area contributed by atoms with E-state index in [0.717, 1.165) is 0 Å². The van der Waals surface area contributed by atoms with Gasteiger partial charge in [-0.05, 0) is 30.7 Å². The first-order valence-corrected chi connectivity index (χ1v) is 9.50. The van der Waals surface area contributed by atoms with Gasteiger partial charge in [0.2, 0.25) is 5.82 Å². The third-order valence-electron chi connectivity index (χ3n) is 4.69. The summed E-state index contributed by atoms with van der Waals surface area (Å²) in [5.74, 6) is -1.01. The summed E-state index contributed by atoms with van der Waals surface area (Å²) in [6.07, 6.45) is 7.69. The molecule has 2 aromatic rings. The highest BCUT2D eigenvalue weighted by Gasteiger charge is 2.46. The molecule has 4 rings (SSSR count). The molecule has 2 aliphatic rings. The molecule has 3 amide bonds. The van der Waals surface area contributed by atoms with E-state index in [9.17, 15) is 14.0 Å². The maximum atomic E-state index is 13.7. The van der Waals surface area contributed by atoms with Crippen LogP contribution in [0.3, 0.4) is 0 Å². The van der Waals surface area contributed by atoms with Crippen LogP contribution in [0.25, 0.3) is 11.4 Å². The lowest BCUT2D eigenvalue weighted by Crippen LogP contribution is -2.54. The number of carbonyl (C=O) groups excluding carboxylic acids is 2. The average Bonchev–Trinajstić information content (AvgIpc) is 3.19. The number of allylic oxidation sites excluding steroid dienone is 3. The molecule has 1 aromatic carbocycles. The zero-order chi connectivity index (χ0) is 20.5. The van der Waals surface area contributed by atoms with Gasteiger partial charge in [-0.15, -0.1) is 0 Å². The Morgan fingerprint density at radius 2 is 2.14 bits per heavy atom. The van der Waals surface area contributed by atoms with Crippen LogP contribution in [0, 0.1) is 11.7 Å². The molecule has 0 radical (unpaired) electrons. The SMILES string of the molecule is CCCN1C(=O)C2C=CC=CC2=[N+](Cc2nc(-c3ccc(Cl)c(F)c3)no2)C1=O. The predicted molar refractivity (Wildman–Crippen MR) is 103 cm³/mol.